The van der Waals surface area contributed by atoms with Crippen molar-refractivity contribution in [3.8, 4) is 0 Å². The standard InChI is InChI=1S/C10H15NO5/c1-4-6-8(12)7(3)9(13)16-11-10(14)15-5-2/h3-6H2,1-2H3,(H,11,14). The molecule has 0 aromatic rings. The van der Waals surface area contributed by atoms with E-state index in [1.165, 1.54) is 0 Å². The molecule has 0 aliphatic carbocycles. The van der Waals surface area contributed by atoms with E-state index < -0.39 is 17.8 Å². The molecule has 0 aliphatic rings. The van der Waals surface area contributed by atoms with Crippen molar-refractivity contribution in [2.24, 2.45) is 0 Å². The van der Waals surface area contributed by atoms with Crippen LogP contribution in [0.2, 0.25) is 0 Å². The van der Waals surface area contributed by atoms with E-state index in [1.807, 2.05) is 0 Å². The molecule has 0 heterocycles. The van der Waals surface area contributed by atoms with Gasteiger partial charge >= 0.3 is 12.1 Å². The fraction of sp³-hybridized carbons (Fsp3) is 0.500. The van der Waals surface area contributed by atoms with Gasteiger partial charge < -0.3 is 9.57 Å². The molecular weight excluding hydrogens is 214 g/mol. The van der Waals surface area contributed by atoms with Crippen molar-refractivity contribution >= 4 is 17.8 Å². The van der Waals surface area contributed by atoms with Gasteiger partial charge in [-0.25, -0.2) is 9.59 Å². The van der Waals surface area contributed by atoms with Crippen molar-refractivity contribution in [3.05, 3.63) is 12.2 Å². The second-order valence-corrected chi connectivity index (χ2v) is 2.86. The summed E-state index contributed by atoms with van der Waals surface area (Å²) in [6.07, 6.45) is -0.0735. The molecule has 0 atom stereocenters. The highest BCUT2D eigenvalue weighted by molar-refractivity contribution is 6.16. The molecule has 16 heavy (non-hydrogen) atoms. The average molecular weight is 229 g/mol. The minimum Gasteiger partial charge on any atom is -0.448 e. The number of hydrogen-bond acceptors (Lipinski definition) is 5. The summed E-state index contributed by atoms with van der Waals surface area (Å²) in [4.78, 5) is 37.4. The van der Waals surface area contributed by atoms with Crippen LogP contribution in [0, 0.1) is 0 Å². The van der Waals surface area contributed by atoms with Gasteiger partial charge in [-0.15, -0.1) is 5.48 Å². The van der Waals surface area contributed by atoms with Gasteiger partial charge in [0.2, 0.25) is 0 Å². The van der Waals surface area contributed by atoms with Crippen LogP contribution in [0.1, 0.15) is 26.7 Å². The lowest BCUT2D eigenvalue weighted by Gasteiger charge is -2.06. The van der Waals surface area contributed by atoms with Gasteiger partial charge in [-0.05, 0) is 13.3 Å². The van der Waals surface area contributed by atoms with Gasteiger partial charge in [0, 0.05) is 6.42 Å². The molecule has 0 bridgehead atoms. The second-order valence-electron chi connectivity index (χ2n) is 2.86. The van der Waals surface area contributed by atoms with Crippen molar-refractivity contribution in [2.45, 2.75) is 26.7 Å². The Kier molecular flexibility index (Phi) is 6.58. The van der Waals surface area contributed by atoms with Crippen molar-refractivity contribution in [2.75, 3.05) is 6.61 Å². The Bertz CT molecular complexity index is 298. The average Bonchev–Trinajstić information content (AvgIpc) is 2.25. The number of amides is 1. The first-order valence-electron chi connectivity index (χ1n) is 4.88. The predicted molar refractivity (Wildman–Crippen MR) is 55.3 cm³/mol. The van der Waals surface area contributed by atoms with Crippen LogP contribution < -0.4 is 5.48 Å². The number of nitrogens with one attached hydrogen (secondary N) is 1. The third-order valence-electron chi connectivity index (χ3n) is 1.56. The Labute approximate surface area is 93.5 Å². The normalized spacial score (nSPS) is 9.12. The predicted octanol–water partition coefficient (Wildman–Crippen LogP) is 1.12. The second kappa shape index (κ2) is 7.44. The lowest BCUT2D eigenvalue weighted by Crippen LogP contribution is -2.29. The van der Waals surface area contributed by atoms with E-state index >= 15 is 0 Å². The Hall–Kier alpha value is -1.85. The molecule has 0 rings (SSSR count). The Morgan fingerprint density at radius 3 is 2.38 bits per heavy atom. The molecule has 0 radical (unpaired) electrons. The van der Waals surface area contributed by atoms with Crippen LogP contribution >= 0.6 is 0 Å². The Morgan fingerprint density at radius 2 is 1.88 bits per heavy atom. The van der Waals surface area contributed by atoms with Gasteiger partial charge in [-0.3, -0.25) is 4.79 Å². The van der Waals surface area contributed by atoms with Crippen LogP contribution in [0.15, 0.2) is 12.2 Å². The number of carbonyl (C=O) groups excluding carboxylic acids is 3. The molecule has 1 N–H and O–H groups in total. The number of ether oxygens (including phenoxy) is 1. The van der Waals surface area contributed by atoms with Crippen LogP contribution in [0.4, 0.5) is 4.79 Å². The van der Waals surface area contributed by atoms with Crippen LogP contribution in [-0.4, -0.2) is 24.5 Å². The van der Waals surface area contributed by atoms with Crippen molar-refractivity contribution in [1.82, 2.24) is 5.48 Å². The first-order valence-corrected chi connectivity index (χ1v) is 4.88. The van der Waals surface area contributed by atoms with Crippen LogP contribution in [0.25, 0.3) is 0 Å². The van der Waals surface area contributed by atoms with E-state index in [1.54, 1.807) is 19.3 Å². The fourth-order valence-corrected chi connectivity index (χ4v) is 0.802. The molecule has 0 saturated carbocycles. The number of ketones is 1. The van der Waals surface area contributed by atoms with Crippen molar-refractivity contribution in [1.29, 1.82) is 0 Å². The number of hydrogen-bond donors (Lipinski definition) is 1. The van der Waals surface area contributed by atoms with Crippen molar-refractivity contribution < 1.29 is 24.0 Å². The summed E-state index contributed by atoms with van der Waals surface area (Å²) < 4.78 is 4.44. The third kappa shape index (κ3) is 5.14. The number of rotatable bonds is 5. The molecule has 6 nitrogen and oxygen atoms in total. The summed E-state index contributed by atoms with van der Waals surface area (Å²) in [5.74, 6) is -1.38. The summed E-state index contributed by atoms with van der Waals surface area (Å²) in [6.45, 7) is 6.83. The minimum atomic E-state index is -0.980. The zero-order chi connectivity index (χ0) is 12.6. The van der Waals surface area contributed by atoms with Gasteiger partial charge in [0.1, 0.15) is 0 Å². The maximum absolute atomic E-state index is 11.2. The quantitative estimate of drug-likeness (QED) is 0.330. The maximum atomic E-state index is 11.2. The molecular formula is C10H15NO5. The summed E-state index contributed by atoms with van der Waals surface area (Å²) in [6, 6.07) is 0. The molecule has 0 aliphatic heterocycles. The van der Waals surface area contributed by atoms with Gasteiger partial charge in [0.05, 0.1) is 12.2 Å². The van der Waals surface area contributed by atoms with E-state index in [2.05, 4.69) is 16.2 Å². The number of hydroxylamine groups is 1. The van der Waals surface area contributed by atoms with E-state index in [-0.39, 0.29) is 18.6 Å². The zero-order valence-electron chi connectivity index (χ0n) is 9.37. The van der Waals surface area contributed by atoms with Gasteiger partial charge in [-0.2, -0.15) is 0 Å². The molecule has 0 fully saturated rings. The summed E-state index contributed by atoms with van der Waals surface area (Å²) in [5, 5.41) is 0. The van der Waals surface area contributed by atoms with Crippen LogP contribution in [0.5, 0.6) is 0 Å². The highest BCUT2D eigenvalue weighted by Gasteiger charge is 2.17. The zero-order valence-corrected chi connectivity index (χ0v) is 9.37. The largest absolute Gasteiger partial charge is 0.448 e. The van der Waals surface area contributed by atoms with Crippen LogP contribution in [-0.2, 0) is 19.2 Å². The van der Waals surface area contributed by atoms with E-state index in [9.17, 15) is 14.4 Å². The fourth-order valence-electron chi connectivity index (χ4n) is 0.802. The SMILES string of the molecule is C=C(C(=O)CCC)C(=O)ONC(=O)OCC. The monoisotopic (exact) mass is 229 g/mol. The third-order valence-corrected chi connectivity index (χ3v) is 1.56. The van der Waals surface area contributed by atoms with E-state index in [4.69, 9.17) is 0 Å². The van der Waals surface area contributed by atoms with Gasteiger partial charge in [0.25, 0.3) is 0 Å². The van der Waals surface area contributed by atoms with E-state index in [0.29, 0.717) is 6.42 Å². The molecule has 0 aromatic carbocycles. The highest BCUT2D eigenvalue weighted by Crippen LogP contribution is 2.01. The maximum Gasteiger partial charge on any atom is 0.440 e. The molecule has 0 aromatic heterocycles. The molecule has 0 unspecified atom stereocenters. The number of Topliss-reactive ketones (excluding diaryl/α,β-unsaturated/α-hetero) is 1. The molecule has 1 amide bonds. The summed E-state index contributed by atoms with van der Waals surface area (Å²) in [5.41, 5.74) is 1.44. The number of carbonyl (C=O) groups is 3. The summed E-state index contributed by atoms with van der Waals surface area (Å²) in [7, 11) is 0. The topological polar surface area (TPSA) is 81.7 Å². The van der Waals surface area contributed by atoms with E-state index in [0.717, 1.165) is 0 Å². The minimum absolute atomic E-state index is 0.152. The lowest BCUT2D eigenvalue weighted by atomic mass is 10.1. The molecule has 6 heteroatoms. The molecule has 0 saturated heterocycles. The van der Waals surface area contributed by atoms with Crippen LogP contribution in [0.3, 0.4) is 0 Å². The first kappa shape index (κ1) is 14.2. The highest BCUT2D eigenvalue weighted by atomic mass is 16.7. The van der Waals surface area contributed by atoms with Crippen molar-refractivity contribution in [3.63, 3.8) is 0 Å². The smallest absolute Gasteiger partial charge is 0.440 e. The lowest BCUT2D eigenvalue weighted by molar-refractivity contribution is -0.146. The van der Waals surface area contributed by atoms with Gasteiger partial charge in [-0.1, -0.05) is 13.5 Å². The van der Waals surface area contributed by atoms with Gasteiger partial charge in [0.15, 0.2) is 5.78 Å². The first-order chi connectivity index (χ1) is 7.52. The Balaban J connectivity index is 4.02. The Morgan fingerprint density at radius 1 is 1.25 bits per heavy atom. The molecule has 0 spiro atoms. The summed E-state index contributed by atoms with van der Waals surface area (Å²) >= 11 is 0. The molecule has 90 valence electrons.